The Morgan fingerprint density at radius 2 is 2.00 bits per heavy atom. The van der Waals surface area contributed by atoms with Gasteiger partial charge >= 0.3 is 0 Å². The van der Waals surface area contributed by atoms with Crippen LogP contribution in [0.25, 0.3) is 0 Å². The zero-order valence-electron chi connectivity index (χ0n) is 15.0. The highest BCUT2D eigenvalue weighted by Crippen LogP contribution is 2.28. The van der Waals surface area contributed by atoms with Crippen LogP contribution in [0.5, 0.6) is 0 Å². The predicted octanol–water partition coefficient (Wildman–Crippen LogP) is 3.12. The number of benzene rings is 1. The molecule has 4 nitrogen and oxygen atoms in total. The van der Waals surface area contributed by atoms with Gasteiger partial charge in [0.1, 0.15) is 0 Å². The van der Waals surface area contributed by atoms with Crippen molar-refractivity contribution < 1.29 is 4.79 Å². The quantitative estimate of drug-likeness (QED) is 0.908. The monoisotopic (exact) mass is 317 g/mol. The molecule has 1 saturated heterocycles. The molecule has 128 valence electrons. The van der Waals surface area contributed by atoms with Crippen molar-refractivity contribution in [3.63, 3.8) is 0 Å². The molecule has 4 heteroatoms. The Kier molecular flexibility index (Phi) is 5.69. The summed E-state index contributed by atoms with van der Waals surface area (Å²) in [6, 6.07) is 8.15. The molecule has 1 atom stereocenters. The largest absolute Gasteiger partial charge is 0.375 e. The molecule has 1 fully saturated rings. The summed E-state index contributed by atoms with van der Waals surface area (Å²) in [5, 5.41) is 0. The number of likely N-dealkylation sites (tertiary alicyclic amines) is 1. The first kappa shape index (κ1) is 17.8. The van der Waals surface area contributed by atoms with Gasteiger partial charge in [0.2, 0.25) is 0 Å². The molecule has 0 radical (unpaired) electrons. The third kappa shape index (κ3) is 4.25. The van der Waals surface area contributed by atoms with E-state index in [1.807, 2.05) is 29.2 Å². The Morgan fingerprint density at radius 1 is 1.35 bits per heavy atom. The summed E-state index contributed by atoms with van der Waals surface area (Å²) in [4.78, 5) is 16.9. The smallest absolute Gasteiger partial charge is 0.253 e. The highest BCUT2D eigenvalue weighted by atomic mass is 16.2. The second-order valence-corrected chi connectivity index (χ2v) is 7.43. The van der Waals surface area contributed by atoms with E-state index in [1.165, 1.54) is 12.8 Å². The summed E-state index contributed by atoms with van der Waals surface area (Å²) >= 11 is 0. The van der Waals surface area contributed by atoms with Crippen LogP contribution in [0.4, 0.5) is 5.69 Å². The van der Waals surface area contributed by atoms with E-state index < -0.39 is 0 Å². The summed E-state index contributed by atoms with van der Waals surface area (Å²) in [7, 11) is 2.10. The molecule has 0 spiro atoms. The van der Waals surface area contributed by atoms with E-state index in [9.17, 15) is 4.79 Å². The molecular formula is C19H31N3O. The fourth-order valence-electron chi connectivity index (χ4n) is 3.11. The molecule has 2 N–H and O–H groups in total. The molecule has 1 amide bonds. The van der Waals surface area contributed by atoms with Gasteiger partial charge in [0.25, 0.3) is 5.91 Å². The van der Waals surface area contributed by atoms with E-state index in [4.69, 9.17) is 5.73 Å². The Morgan fingerprint density at radius 3 is 2.57 bits per heavy atom. The van der Waals surface area contributed by atoms with Crippen LogP contribution in [-0.2, 0) is 0 Å². The molecule has 1 aliphatic heterocycles. The van der Waals surface area contributed by atoms with Crippen LogP contribution in [-0.4, -0.2) is 43.5 Å². The van der Waals surface area contributed by atoms with Gasteiger partial charge in [0.15, 0.2) is 0 Å². The zero-order valence-corrected chi connectivity index (χ0v) is 15.0. The molecule has 1 heterocycles. The molecule has 23 heavy (non-hydrogen) atoms. The standard InChI is InChI=1S/C19H31N3O/c1-5-6-12-21(4)16-9-7-15(8-10-16)18(23)22-13-11-17(20)19(2,3)14-22/h7-10,17H,5-6,11-14,20H2,1-4H3. The lowest BCUT2D eigenvalue weighted by atomic mass is 9.79. The van der Waals surface area contributed by atoms with Crippen molar-refractivity contribution >= 4 is 11.6 Å². The molecule has 2 rings (SSSR count). The number of hydrogen-bond donors (Lipinski definition) is 1. The van der Waals surface area contributed by atoms with Crippen LogP contribution in [0.15, 0.2) is 24.3 Å². The number of amides is 1. The fraction of sp³-hybridized carbons (Fsp3) is 0.632. The average Bonchev–Trinajstić information content (AvgIpc) is 2.54. The number of nitrogens with two attached hydrogens (primary N) is 1. The summed E-state index contributed by atoms with van der Waals surface area (Å²) in [6.45, 7) is 9.00. The molecule has 0 aromatic heterocycles. The third-order valence-corrected chi connectivity index (χ3v) is 5.00. The van der Waals surface area contributed by atoms with Gasteiger partial charge < -0.3 is 15.5 Å². The first-order chi connectivity index (χ1) is 10.8. The molecule has 0 bridgehead atoms. The lowest BCUT2D eigenvalue weighted by molar-refractivity contribution is 0.0533. The maximum Gasteiger partial charge on any atom is 0.253 e. The van der Waals surface area contributed by atoms with Gasteiger partial charge in [0, 0.05) is 44.0 Å². The number of carbonyl (C=O) groups is 1. The van der Waals surface area contributed by atoms with Gasteiger partial charge in [-0.2, -0.15) is 0 Å². The molecule has 1 aliphatic rings. The Bertz CT molecular complexity index is 524. The van der Waals surface area contributed by atoms with E-state index in [0.29, 0.717) is 0 Å². The van der Waals surface area contributed by atoms with Gasteiger partial charge in [-0.3, -0.25) is 4.79 Å². The van der Waals surface area contributed by atoms with Crippen LogP contribution in [0.1, 0.15) is 50.4 Å². The van der Waals surface area contributed by atoms with Crippen molar-refractivity contribution in [2.45, 2.75) is 46.1 Å². The molecule has 1 aromatic carbocycles. The number of rotatable bonds is 5. The minimum absolute atomic E-state index is 0.0196. The number of hydrogen-bond acceptors (Lipinski definition) is 3. The number of anilines is 1. The second kappa shape index (κ2) is 7.35. The highest BCUT2D eigenvalue weighted by molar-refractivity contribution is 5.94. The predicted molar refractivity (Wildman–Crippen MR) is 96.9 cm³/mol. The van der Waals surface area contributed by atoms with E-state index in [1.54, 1.807) is 0 Å². The first-order valence-corrected chi connectivity index (χ1v) is 8.71. The van der Waals surface area contributed by atoms with Crippen molar-refractivity contribution in [2.24, 2.45) is 11.1 Å². The SMILES string of the molecule is CCCCN(C)c1ccc(C(=O)N2CCC(N)C(C)(C)C2)cc1. The van der Waals surface area contributed by atoms with E-state index in [2.05, 4.69) is 32.7 Å². The summed E-state index contributed by atoms with van der Waals surface area (Å²) in [6.07, 6.45) is 3.24. The van der Waals surface area contributed by atoms with Crippen molar-refractivity contribution in [3.05, 3.63) is 29.8 Å². The van der Waals surface area contributed by atoms with Gasteiger partial charge in [0.05, 0.1) is 0 Å². The van der Waals surface area contributed by atoms with Crippen LogP contribution in [0, 0.1) is 5.41 Å². The Hall–Kier alpha value is -1.55. The first-order valence-electron chi connectivity index (χ1n) is 8.71. The number of unbranched alkanes of at least 4 members (excludes halogenated alkanes) is 1. The summed E-state index contributed by atoms with van der Waals surface area (Å²) in [5.74, 6) is 0.118. The molecule has 1 unspecified atom stereocenters. The van der Waals surface area contributed by atoms with Gasteiger partial charge in [-0.15, -0.1) is 0 Å². The van der Waals surface area contributed by atoms with Crippen molar-refractivity contribution in [2.75, 3.05) is 31.6 Å². The highest BCUT2D eigenvalue weighted by Gasteiger charge is 2.35. The van der Waals surface area contributed by atoms with Crippen LogP contribution in [0.2, 0.25) is 0 Å². The van der Waals surface area contributed by atoms with E-state index in [0.717, 1.165) is 37.3 Å². The molecule has 1 aromatic rings. The van der Waals surface area contributed by atoms with Gasteiger partial charge in [-0.1, -0.05) is 27.2 Å². The summed E-state index contributed by atoms with van der Waals surface area (Å²) < 4.78 is 0. The third-order valence-electron chi connectivity index (χ3n) is 5.00. The van der Waals surface area contributed by atoms with Crippen LogP contribution < -0.4 is 10.6 Å². The average molecular weight is 317 g/mol. The Balaban J connectivity index is 2.03. The van der Waals surface area contributed by atoms with Crippen molar-refractivity contribution in [1.29, 1.82) is 0 Å². The van der Waals surface area contributed by atoms with Crippen LogP contribution in [0.3, 0.4) is 0 Å². The van der Waals surface area contributed by atoms with E-state index in [-0.39, 0.29) is 17.4 Å². The lowest BCUT2D eigenvalue weighted by Crippen LogP contribution is -2.53. The fourth-order valence-corrected chi connectivity index (χ4v) is 3.11. The minimum Gasteiger partial charge on any atom is -0.375 e. The number of nitrogens with zero attached hydrogens (tertiary/aromatic N) is 2. The lowest BCUT2D eigenvalue weighted by Gasteiger charge is -2.42. The van der Waals surface area contributed by atoms with E-state index >= 15 is 0 Å². The maximum absolute atomic E-state index is 12.7. The topological polar surface area (TPSA) is 49.6 Å². The summed E-state index contributed by atoms with van der Waals surface area (Å²) in [5.41, 5.74) is 8.07. The van der Waals surface area contributed by atoms with Gasteiger partial charge in [-0.05, 0) is 42.5 Å². The minimum atomic E-state index is -0.0196. The number of piperidine rings is 1. The Labute approximate surface area is 140 Å². The molecule has 0 saturated carbocycles. The molecular weight excluding hydrogens is 286 g/mol. The van der Waals surface area contributed by atoms with Gasteiger partial charge in [-0.25, -0.2) is 0 Å². The van der Waals surface area contributed by atoms with Crippen molar-refractivity contribution in [1.82, 2.24) is 4.90 Å². The van der Waals surface area contributed by atoms with Crippen molar-refractivity contribution in [3.8, 4) is 0 Å². The number of carbonyl (C=O) groups excluding carboxylic acids is 1. The normalized spacial score (nSPS) is 20.4. The maximum atomic E-state index is 12.7. The van der Waals surface area contributed by atoms with Crippen LogP contribution >= 0.6 is 0 Å². The second-order valence-electron chi connectivity index (χ2n) is 7.43. The molecule has 0 aliphatic carbocycles. The zero-order chi connectivity index (χ0) is 17.0.